The minimum Gasteiger partial charge on any atom is -0.406 e. The van der Waals surface area contributed by atoms with Crippen LogP contribution in [-0.2, 0) is 5.41 Å². The number of benzene rings is 1. The molecule has 1 rings (SSSR count). The summed E-state index contributed by atoms with van der Waals surface area (Å²) in [5.74, 6) is -0.205. The molecule has 0 spiro atoms. The number of rotatable bonds is 4. The van der Waals surface area contributed by atoms with E-state index in [-0.39, 0.29) is 11.2 Å². The Labute approximate surface area is 98.9 Å². The highest BCUT2D eigenvalue weighted by Gasteiger charge is 2.31. The second-order valence-electron chi connectivity index (χ2n) is 4.05. The number of hydrogen-bond acceptors (Lipinski definition) is 1. The molecule has 1 aromatic rings. The molecule has 1 nitrogen and oxygen atoms in total. The first kappa shape index (κ1) is 13.6. The number of alkyl halides is 3. The van der Waals surface area contributed by atoms with E-state index in [0.717, 1.165) is 12.0 Å². The van der Waals surface area contributed by atoms with Crippen molar-refractivity contribution in [1.29, 1.82) is 0 Å². The van der Waals surface area contributed by atoms with Gasteiger partial charge in [0.2, 0.25) is 0 Å². The van der Waals surface area contributed by atoms with E-state index in [0.29, 0.717) is 0 Å². The van der Waals surface area contributed by atoms with Crippen molar-refractivity contribution in [1.82, 2.24) is 0 Å². The van der Waals surface area contributed by atoms with Crippen LogP contribution >= 0.6 is 0 Å². The highest BCUT2D eigenvalue weighted by Crippen LogP contribution is 2.31. The van der Waals surface area contributed by atoms with Crippen molar-refractivity contribution < 1.29 is 17.9 Å². The zero-order valence-electron chi connectivity index (χ0n) is 9.84. The first-order chi connectivity index (χ1) is 7.80. The molecular weight excluding hydrogens is 229 g/mol. The van der Waals surface area contributed by atoms with Gasteiger partial charge in [-0.3, -0.25) is 0 Å². The molecule has 0 bridgehead atoms. The molecule has 0 radical (unpaired) electrons. The van der Waals surface area contributed by atoms with E-state index in [1.807, 2.05) is 13.8 Å². The van der Waals surface area contributed by atoms with Gasteiger partial charge in [0.25, 0.3) is 0 Å². The van der Waals surface area contributed by atoms with Crippen molar-refractivity contribution in [3.05, 3.63) is 42.5 Å². The highest BCUT2D eigenvalue weighted by molar-refractivity contribution is 5.34. The summed E-state index contributed by atoms with van der Waals surface area (Å²) >= 11 is 0. The average molecular weight is 244 g/mol. The van der Waals surface area contributed by atoms with Gasteiger partial charge < -0.3 is 4.74 Å². The van der Waals surface area contributed by atoms with Crippen LogP contribution in [0.2, 0.25) is 0 Å². The van der Waals surface area contributed by atoms with Crippen LogP contribution in [0.1, 0.15) is 25.8 Å². The van der Waals surface area contributed by atoms with Gasteiger partial charge in [0.05, 0.1) is 0 Å². The van der Waals surface area contributed by atoms with Crippen LogP contribution in [0.5, 0.6) is 5.75 Å². The summed E-state index contributed by atoms with van der Waals surface area (Å²) < 4.78 is 39.7. The predicted octanol–water partition coefficient (Wildman–Crippen LogP) is 4.44. The molecule has 1 unspecified atom stereocenters. The van der Waals surface area contributed by atoms with Gasteiger partial charge in [-0.1, -0.05) is 32.1 Å². The van der Waals surface area contributed by atoms with Crippen LogP contribution in [0.3, 0.4) is 0 Å². The minimum atomic E-state index is -4.64. The number of halogens is 3. The van der Waals surface area contributed by atoms with Crippen molar-refractivity contribution in [2.24, 2.45) is 0 Å². The molecule has 0 saturated heterocycles. The molecule has 0 heterocycles. The fourth-order valence-electron chi connectivity index (χ4n) is 1.50. The molecule has 0 fully saturated rings. The standard InChI is InChI=1S/C13H15F3O/c1-4-12(3,5-2)10-6-8-11(9-7-10)17-13(14,15)16/h4,6-9H,1,5H2,2-3H3. The van der Waals surface area contributed by atoms with E-state index in [1.54, 1.807) is 18.2 Å². The first-order valence-electron chi connectivity index (χ1n) is 5.30. The van der Waals surface area contributed by atoms with E-state index in [9.17, 15) is 13.2 Å². The van der Waals surface area contributed by atoms with Gasteiger partial charge in [0.15, 0.2) is 0 Å². The highest BCUT2D eigenvalue weighted by atomic mass is 19.4. The van der Waals surface area contributed by atoms with Gasteiger partial charge in [-0.2, -0.15) is 0 Å². The SMILES string of the molecule is C=CC(C)(CC)c1ccc(OC(F)(F)F)cc1. The summed E-state index contributed by atoms with van der Waals surface area (Å²) in [6, 6.07) is 5.90. The van der Waals surface area contributed by atoms with Gasteiger partial charge in [-0.25, -0.2) is 0 Å². The summed E-state index contributed by atoms with van der Waals surface area (Å²) in [6.45, 7) is 7.74. The maximum Gasteiger partial charge on any atom is 0.573 e. The quantitative estimate of drug-likeness (QED) is 0.711. The third kappa shape index (κ3) is 3.51. The monoisotopic (exact) mass is 244 g/mol. The molecule has 4 heteroatoms. The molecule has 1 aromatic carbocycles. The summed E-state index contributed by atoms with van der Waals surface area (Å²) in [5, 5.41) is 0. The summed E-state index contributed by atoms with van der Waals surface area (Å²) in [4.78, 5) is 0. The molecule has 17 heavy (non-hydrogen) atoms. The molecule has 0 aliphatic rings. The molecule has 0 aromatic heterocycles. The molecule has 94 valence electrons. The van der Waals surface area contributed by atoms with Crippen molar-refractivity contribution >= 4 is 0 Å². The Bertz CT molecular complexity index is 381. The van der Waals surface area contributed by atoms with Crippen molar-refractivity contribution in [2.75, 3.05) is 0 Å². The molecule has 0 saturated carbocycles. The van der Waals surface area contributed by atoms with E-state index >= 15 is 0 Å². The summed E-state index contributed by atoms with van der Waals surface area (Å²) in [5.41, 5.74) is 0.695. The van der Waals surface area contributed by atoms with E-state index in [4.69, 9.17) is 0 Å². The van der Waals surface area contributed by atoms with E-state index in [2.05, 4.69) is 11.3 Å². The van der Waals surface area contributed by atoms with Crippen molar-refractivity contribution in [2.45, 2.75) is 32.0 Å². The largest absolute Gasteiger partial charge is 0.573 e. The summed E-state index contributed by atoms with van der Waals surface area (Å²) in [6.07, 6.45) is -2.02. The van der Waals surface area contributed by atoms with Gasteiger partial charge in [-0.05, 0) is 24.1 Å². The number of allylic oxidation sites excluding steroid dienone is 1. The third-order valence-electron chi connectivity index (χ3n) is 2.93. The van der Waals surface area contributed by atoms with Gasteiger partial charge >= 0.3 is 6.36 Å². The smallest absolute Gasteiger partial charge is 0.406 e. The maximum atomic E-state index is 12.0. The predicted molar refractivity (Wildman–Crippen MR) is 61.0 cm³/mol. The second-order valence-corrected chi connectivity index (χ2v) is 4.05. The van der Waals surface area contributed by atoms with Crippen LogP contribution in [0, 0.1) is 0 Å². The average Bonchev–Trinajstić information content (AvgIpc) is 2.27. The van der Waals surface area contributed by atoms with Gasteiger partial charge in [0, 0.05) is 5.41 Å². The van der Waals surface area contributed by atoms with Crippen LogP contribution in [0.15, 0.2) is 36.9 Å². The fraction of sp³-hybridized carbons (Fsp3) is 0.385. The normalized spacial score (nSPS) is 15.1. The van der Waals surface area contributed by atoms with E-state index in [1.165, 1.54) is 12.1 Å². The van der Waals surface area contributed by atoms with Gasteiger partial charge in [0.1, 0.15) is 5.75 Å². The topological polar surface area (TPSA) is 9.23 Å². The van der Waals surface area contributed by atoms with Crippen molar-refractivity contribution in [3.63, 3.8) is 0 Å². The zero-order chi connectivity index (χ0) is 13.1. The maximum absolute atomic E-state index is 12.0. The van der Waals surface area contributed by atoms with Gasteiger partial charge in [-0.15, -0.1) is 19.8 Å². The molecule has 1 atom stereocenters. The van der Waals surface area contributed by atoms with Crippen LogP contribution < -0.4 is 4.74 Å². The lowest BCUT2D eigenvalue weighted by atomic mass is 9.80. The third-order valence-corrected chi connectivity index (χ3v) is 2.93. The van der Waals surface area contributed by atoms with Crippen LogP contribution in [0.25, 0.3) is 0 Å². The fourth-order valence-corrected chi connectivity index (χ4v) is 1.50. The Morgan fingerprint density at radius 1 is 1.24 bits per heavy atom. The zero-order valence-corrected chi connectivity index (χ0v) is 9.84. The molecule has 0 N–H and O–H groups in total. The van der Waals surface area contributed by atoms with Crippen molar-refractivity contribution in [3.8, 4) is 5.75 Å². The second kappa shape index (κ2) is 4.82. The van der Waals surface area contributed by atoms with Crippen LogP contribution in [0.4, 0.5) is 13.2 Å². The summed E-state index contributed by atoms with van der Waals surface area (Å²) in [7, 11) is 0. The lowest BCUT2D eigenvalue weighted by molar-refractivity contribution is -0.274. The van der Waals surface area contributed by atoms with Crippen LogP contribution in [-0.4, -0.2) is 6.36 Å². The Morgan fingerprint density at radius 2 is 1.76 bits per heavy atom. The van der Waals surface area contributed by atoms with E-state index < -0.39 is 6.36 Å². The number of hydrogen-bond donors (Lipinski definition) is 0. The lowest BCUT2D eigenvalue weighted by Crippen LogP contribution is -2.18. The molecule has 0 aliphatic heterocycles. The Kier molecular flexibility index (Phi) is 3.86. The number of ether oxygens (including phenoxy) is 1. The molecule has 0 aliphatic carbocycles. The Morgan fingerprint density at radius 3 is 2.12 bits per heavy atom. The Hall–Kier alpha value is -1.45. The molecule has 0 amide bonds. The lowest BCUT2D eigenvalue weighted by Gasteiger charge is -2.24. The minimum absolute atomic E-state index is 0.205. The molecular formula is C13H15F3O. The Balaban J connectivity index is 2.92. The first-order valence-corrected chi connectivity index (χ1v) is 5.30.